The Bertz CT molecular complexity index is 781. The molecule has 0 saturated heterocycles. The van der Waals surface area contributed by atoms with Crippen LogP contribution in [0, 0.1) is 0 Å². The van der Waals surface area contributed by atoms with E-state index >= 15 is 0 Å². The third kappa shape index (κ3) is 2.75. The third-order valence-corrected chi connectivity index (χ3v) is 4.15. The molecular weight excluding hydrogens is 303 g/mol. The maximum absolute atomic E-state index is 6.37. The van der Waals surface area contributed by atoms with Crippen LogP contribution < -0.4 is 5.32 Å². The van der Waals surface area contributed by atoms with Gasteiger partial charge in [-0.2, -0.15) is 0 Å². The molecule has 3 rings (SSSR count). The van der Waals surface area contributed by atoms with E-state index in [1.54, 1.807) is 6.07 Å². The van der Waals surface area contributed by atoms with Crippen molar-refractivity contribution in [3.8, 4) is 0 Å². The van der Waals surface area contributed by atoms with E-state index < -0.39 is 0 Å². The van der Waals surface area contributed by atoms with Gasteiger partial charge < -0.3 is 5.32 Å². The van der Waals surface area contributed by atoms with Crippen LogP contribution in [0.15, 0.2) is 54.9 Å². The average molecular weight is 317 g/mol. The summed E-state index contributed by atoms with van der Waals surface area (Å²) >= 11 is 12.4. The number of pyridine rings is 1. The minimum Gasteiger partial charge on any atom is -0.309 e. The number of hydrogen-bond acceptors (Lipinski definition) is 2. The Labute approximate surface area is 133 Å². The summed E-state index contributed by atoms with van der Waals surface area (Å²) in [5.74, 6) is 0. The van der Waals surface area contributed by atoms with Gasteiger partial charge in [0.15, 0.2) is 0 Å². The molecule has 0 radical (unpaired) electrons. The van der Waals surface area contributed by atoms with Gasteiger partial charge in [-0.3, -0.25) is 4.98 Å². The largest absolute Gasteiger partial charge is 0.309 e. The standard InChI is InChI=1S/C17H14Cl2N2/c1-20-17(15-6-5-12(18)9-16(15)19)14-4-2-3-11-10-21-8-7-13(11)14/h2-10,17,20H,1H3. The highest BCUT2D eigenvalue weighted by atomic mass is 35.5. The van der Waals surface area contributed by atoms with Crippen molar-refractivity contribution in [1.82, 2.24) is 10.3 Å². The molecule has 1 unspecified atom stereocenters. The highest BCUT2D eigenvalue weighted by Crippen LogP contribution is 2.33. The van der Waals surface area contributed by atoms with Gasteiger partial charge in [0.1, 0.15) is 0 Å². The highest BCUT2D eigenvalue weighted by molar-refractivity contribution is 6.35. The quantitative estimate of drug-likeness (QED) is 0.747. The van der Waals surface area contributed by atoms with Crippen molar-refractivity contribution < 1.29 is 0 Å². The first-order valence-corrected chi connectivity index (χ1v) is 7.41. The van der Waals surface area contributed by atoms with Crippen LogP contribution in [-0.4, -0.2) is 12.0 Å². The molecule has 21 heavy (non-hydrogen) atoms. The van der Waals surface area contributed by atoms with E-state index in [9.17, 15) is 0 Å². The van der Waals surface area contributed by atoms with Gasteiger partial charge in [0.2, 0.25) is 0 Å². The van der Waals surface area contributed by atoms with Crippen LogP contribution in [0.2, 0.25) is 10.0 Å². The van der Waals surface area contributed by atoms with Crippen molar-refractivity contribution in [2.24, 2.45) is 0 Å². The first-order chi connectivity index (χ1) is 10.2. The molecular formula is C17H14Cl2N2. The van der Waals surface area contributed by atoms with Crippen LogP contribution >= 0.6 is 23.2 Å². The molecule has 0 aliphatic rings. The van der Waals surface area contributed by atoms with Crippen molar-refractivity contribution in [1.29, 1.82) is 0 Å². The molecule has 4 heteroatoms. The normalized spacial score (nSPS) is 12.5. The molecule has 1 aromatic heterocycles. The number of hydrogen-bond donors (Lipinski definition) is 1. The number of fused-ring (bicyclic) bond motifs is 1. The predicted octanol–water partition coefficient (Wildman–Crippen LogP) is 4.85. The second-order valence-corrected chi connectivity index (χ2v) is 5.68. The zero-order valence-corrected chi connectivity index (χ0v) is 13.0. The number of aromatic nitrogens is 1. The Morgan fingerprint density at radius 2 is 1.90 bits per heavy atom. The van der Waals surface area contributed by atoms with Crippen LogP contribution in [0.25, 0.3) is 10.8 Å². The Morgan fingerprint density at radius 1 is 1.05 bits per heavy atom. The fraction of sp³-hybridized carbons (Fsp3) is 0.118. The van der Waals surface area contributed by atoms with Gasteiger partial charge in [0.25, 0.3) is 0 Å². The topological polar surface area (TPSA) is 24.9 Å². The lowest BCUT2D eigenvalue weighted by molar-refractivity contribution is 0.697. The SMILES string of the molecule is CNC(c1ccc(Cl)cc1Cl)c1cccc2cnccc12. The summed E-state index contributed by atoms with van der Waals surface area (Å²) in [6.07, 6.45) is 3.68. The van der Waals surface area contributed by atoms with Gasteiger partial charge in [-0.25, -0.2) is 0 Å². The van der Waals surface area contributed by atoms with E-state index in [1.807, 2.05) is 43.7 Å². The van der Waals surface area contributed by atoms with Gasteiger partial charge in [-0.05, 0) is 41.8 Å². The molecule has 0 fully saturated rings. The van der Waals surface area contributed by atoms with Crippen LogP contribution in [0.4, 0.5) is 0 Å². The zero-order valence-electron chi connectivity index (χ0n) is 11.5. The highest BCUT2D eigenvalue weighted by Gasteiger charge is 2.17. The Balaban J connectivity index is 2.18. The first-order valence-electron chi connectivity index (χ1n) is 6.65. The summed E-state index contributed by atoms with van der Waals surface area (Å²) < 4.78 is 0. The number of nitrogens with one attached hydrogen (secondary N) is 1. The maximum atomic E-state index is 6.37. The smallest absolute Gasteiger partial charge is 0.0595 e. The third-order valence-electron chi connectivity index (χ3n) is 3.59. The van der Waals surface area contributed by atoms with E-state index in [-0.39, 0.29) is 6.04 Å². The molecule has 0 aliphatic heterocycles. The van der Waals surface area contributed by atoms with E-state index in [1.165, 1.54) is 5.56 Å². The monoisotopic (exact) mass is 316 g/mol. The second-order valence-electron chi connectivity index (χ2n) is 4.83. The molecule has 1 heterocycles. The van der Waals surface area contributed by atoms with Crippen molar-refractivity contribution in [2.75, 3.05) is 7.05 Å². The molecule has 106 valence electrons. The van der Waals surface area contributed by atoms with Gasteiger partial charge in [0, 0.05) is 27.8 Å². The number of rotatable bonds is 3. The summed E-state index contributed by atoms with van der Waals surface area (Å²) in [5, 5.41) is 6.91. The van der Waals surface area contributed by atoms with Crippen molar-refractivity contribution in [2.45, 2.75) is 6.04 Å². The van der Waals surface area contributed by atoms with E-state index in [0.717, 1.165) is 16.3 Å². The molecule has 0 spiro atoms. The molecule has 0 bridgehead atoms. The lowest BCUT2D eigenvalue weighted by atomic mass is 9.94. The minimum atomic E-state index is 0.000802. The average Bonchev–Trinajstić information content (AvgIpc) is 2.50. The maximum Gasteiger partial charge on any atom is 0.0595 e. The van der Waals surface area contributed by atoms with Crippen molar-refractivity contribution in [3.63, 3.8) is 0 Å². The van der Waals surface area contributed by atoms with Crippen LogP contribution in [-0.2, 0) is 0 Å². The molecule has 2 aromatic carbocycles. The molecule has 0 saturated carbocycles. The fourth-order valence-corrected chi connectivity index (χ4v) is 3.13. The Kier molecular flexibility index (Phi) is 4.11. The van der Waals surface area contributed by atoms with E-state index in [2.05, 4.69) is 22.4 Å². The summed E-state index contributed by atoms with van der Waals surface area (Å²) in [5.41, 5.74) is 2.18. The first kappa shape index (κ1) is 14.3. The van der Waals surface area contributed by atoms with Gasteiger partial charge in [-0.15, -0.1) is 0 Å². The molecule has 3 aromatic rings. The van der Waals surface area contributed by atoms with Crippen molar-refractivity contribution in [3.05, 3.63) is 76.0 Å². The second kappa shape index (κ2) is 6.02. The van der Waals surface area contributed by atoms with E-state index in [0.29, 0.717) is 10.0 Å². The molecule has 0 aliphatic carbocycles. The van der Waals surface area contributed by atoms with Crippen LogP contribution in [0.5, 0.6) is 0 Å². The number of benzene rings is 2. The predicted molar refractivity (Wildman–Crippen MR) is 89.1 cm³/mol. The minimum absolute atomic E-state index is 0.000802. The van der Waals surface area contributed by atoms with Gasteiger partial charge in [0.05, 0.1) is 6.04 Å². The Morgan fingerprint density at radius 3 is 2.67 bits per heavy atom. The van der Waals surface area contributed by atoms with Crippen LogP contribution in [0.3, 0.4) is 0 Å². The Hall–Kier alpha value is -1.61. The van der Waals surface area contributed by atoms with Gasteiger partial charge in [-0.1, -0.05) is 47.5 Å². The van der Waals surface area contributed by atoms with E-state index in [4.69, 9.17) is 23.2 Å². The summed E-state index contributed by atoms with van der Waals surface area (Å²) in [7, 11) is 1.93. The molecule has 1 N–H and O–H groups in total. The summed E-state index contributed by atoms with van der Waals surface area (Å²) in [6.45, 7) is 0. The number of nitrogens with zero attached hydrogens (tertiary/aromatic N) is 1. The summed E-state index contributed by atoms with van der Waals surface area (Å²) in [4.78, 5) is 4.18. The molecule has 0 amide bonds. The van der Waals surface area contributed by atoms with Gasteiger partial charge >= 0.3 is 0 Å². The summed E-state index contributed by atoms with van der Waals surface area (Å²) in [6, 6.07) is 13.8. The molecule has 1 atom stereocenters. The lowest BCUT2D eigenvalue weighted by Crippen LogP contribution is -2.18. The van der Waals surface area contributed by atoms with Crippen LogP contribution in [0.1, 0.15) is 17.2 Å². The fourth-order valence-electron chi connectivity index (χ4n) is 2.61. The van der Waals surface area contributed by atoms with Crippen molar-refractivity contribution >= 4 is 34.0 Å². The number of halogens is 2. The lowest BCUT2D eigenvalue weighted by Gasteiger charge is -2.20. The zero-order chi connectivity index (χ0) is 14.8. The molecule has 2 nitrogen and oxygen atoms in total.